The summed E-state index contributed by atoms with van der Waals surface area (Å²) in [6.45, 7) is 3.36. The lowest BCUT2D eigenvalue weighted by molar-refractivity contribution is 0.00468. The second-order valence-electron chi connectivity index (χ2n) is 7.26. The highest BCUT2D eigenvalue weighted by Crippen LogP contribution is 2.26. The molecular formula is C22H28N2O2. The van der Waals surface area contributed by atoms with Gasteiger partial charge in [0.25, 0.3) is 5.91 Å². The van der Waals surface area contributed by atoms with E-state index in [4.69, 9.17) is 10.5 Å². The topological polar surface area (TPSA) is 64.3 Å². The first-order valence-electron chi connectivity index (χ1n) is 9.45. The fourth-order valence-corrected chi connectivity index (χ4v) is 3.48. The fraction of sp³-hybridized carbons (Fsp3) is 0.409. The van der Waals surface area contributed by atoms with Gasteiger partial charge >= 0.3 is 0 Å². The van der Waals surface area contributed by atoms with E-state index in [0.717, 1.165) is 35.6 Å². The van der Waals surface area contributed by atoms with Crippen molar-refractivity contribution < 1.29 is 9.53 Å². The third-order valence-corrected chi connectivity index (χ3v) is 5.01. The van der Waals surface area contributed by atoms with Crippen LogP contribution in [-0.4, -0.2) is 12.0 Å². The Kier molecular flexibility index (Phi) is 6.42. The number of anilines is 1. The van der Waals surface area contributed by atoms with Crippen molar-refractivity contribution in [2.75, 3.05) is 5.32 Å². The van der Waals surface area contributed by atoms with E-state index in [1.54, 1.807) is 12.1 Å². The van der Waals surface area contributed by atoms with Gasteiger partial charge in [0.05, 0.1) is 12.7 Å². The monoisotopic (exact) mass is 352 g/mol. The van der Waals surface area contributed by atoms with Gasteiger partial charge in [-0.1, -0.05) is 44.0 Å². The second kappa shape index (κ2) is 8.97. The summed E-state index contributed by atoms with van der Waals surface area (Å²) in [6, 6.07) is 15.2. The molecule has 4 heteroatoms. The molecule has 0 spiro atoms. The lowest BCUT2D eigenvalue weighted by Gasteiger charge is -2.26. The first kappa shape index (κ1) is 18.6. The first-order valence-corrected chi connectivity index (χ1v) is 9.45. The van der Waals surface area contributed by atoms with Crippen molar-refractivity contribution in [3.8, 4) is 0 Å². The van der Waals surface area contributed by atoms with Gasteiger partial charge in [0, 0.05) is 17.8 Å². The van der Waals surface area contributed by atoms with Crippen LogP contribution in [0.2, 0.25) is 0 Å². The number of carbonyl (C=O) groups excluding carboxylic acids is 1. The van der Waals surface area contributed by atoms with Crippen LogP contribution in [0.3, 0.4) is 0 Å². The maximum absolute atomic E-state index is 12.4. The summed E-state index contributed by atoms with van der Waals surface area (Å²) >= 11 is 0. The smallest absolute Gasteiger partial charge is 0.255 e. The highest BCUT2D eigenvalue weighted by molar-refractivity contribution is 6.04. The molecule has 2 unspecified atom stereocenters. The Labute approximate surface area is 155 Å². The largest absolute Gasteiger partial charge is 0.374 e. The Morgan fingerprint density at radius 2 is 1.96 bits per heavy atom. The van der Waals surface area contributed by atoms with Crippen molar-refractivity contribution in [3.05, 3.63) is 65.2 Å². The van der Waals surface area contributed by atoms with Gasteiger partial charge in [-0.3, -0.25) is 4.79 Å². The Balaban J connectivity index is 1.57. The van der Waals surface area contributed by atoms with Gasteiger partial charge in [0.1, 0.15) is 0 Å². The third kappa shape index (κ3) is 5.16. The molecule has 0 aromatic heterocycles. The minimum Gasteiger partial charge on any atom is -0.374 e. The van der Waals surface area contributed by atoms with E-state index in [9.17, 15) is 4.79 Å². The Morgan fingerprint density at radius 3 is 2.69 bits per heavy atom. The molecule has 4 nitrogen and oxygen atoms in total. The Bertz CT molecular complexity index is 727. The maximum atomic E-state index is 12.4. The van der Waals surface area contributed by atoms with Crippen molar-refractivity contribution in [2.24, 2.45) is 11.7 Å². The lowest BCUT2D eigenvalue weighted by Crippen LogP contribution is -2.21. The van der Waals surface area contributed by atoms with E-state index >= 15 is 0 Å². The van der Waals surface area contributed by atoms with E-state index in [1.165, 1.54) is 12.8 Å². The Morgan fingerprint density at radius 1 is 1.15 bits per heavy atom. The summed E-state index contributed by atoms with van der Waals surface area (Å²) in [6.07, 6.45) is 5.23. The maximum Gasteiger partial charge on any atom is 0.255 e. The van der Waals surface area contributed by atoms with Gasteiger partial charge in [0.2, 0.25) is 0 Å². The van der Waals surface area contributed by atoms with E-state index < -0.39 is 0 Å². The number of carbonyl (C=O) groups is 1. The van der Waals surface area contributed by atoms with E-state index in [0.29, 0.717) is 24.8 Å². The molecule has 1 fully saturated rings. The van der Waals surface area contributed by atoms with Gasteiger partial charge in [0.15, 0.2) is 0 Å². The molecule has 3 rings (SSSR count). The second-order valence-corrected chi connectivity index (χ2v) is 7.26. The molecule has 138 valence electrons. The van der Waals surface area contributed by atoms with Crippen LogP contribution in [0.25, 0.3) is 0 Å². The van der Waals surface area contributed by atoms with Crippen molar-refractivity contribution in [3.63, 3.8) is 0 Å². The van der Waals surface area contributed by atoms with Gasteiger partial charge in [-0.2, -0.15) is 0 Å². The highest BCUT2D eigenvalue weighted by Gasteiger charge is 2.19. The summed E-state index contributed by atoms with van der Waals surface area (Å²) in [5, 5.41) is 2.96. The molecule has 2 aromatic rings. The molecule has 3 N–H and O–H groups in total. The molecule has 2 aromatic carbocycles. The molecule has 1 aliphatic carbocycles. The summed E-state index contributed by atoms with van der Waals surface area (Å²) < 4.78 is 6.09. The van der Waals surface area contributed by atoms with Gasteiger partial charge in [-0.05, 0) is 54.2 Å². The highest BCUT2D eigenvalue weighted by atomic mass is 16.5. The third-order valence-electron chi connectivity index (χ3n) is 5.01. The normalized spacial score (nSPS) is 19.9. The van der Waals surface area contributed by atoms with E-state index in [2.05, 4.69) is 12.2 Å². The van der Waals surface area contributed by atoms with E-state index in [1.807, 2.05) is 36.4 Å². The summed E-state index contributed by atoms with van der Waals surface area (Å²) in [4.78, 5) is 12.4. The molecule has 0 saturated heterocycles. The average Bonchev–Trinajstić information content (AvgIpc) is 2.67. The van der Waals surface area contributed by atoms with Crippen LogP contribution in [0.4, 0.5) is 5.69 Å². The minimum absolute atomic E-state index is 0.118. The van der Waals surface area contributed by atoms with Crippen LogP contribution in [0.1, 0.15) is 54.1 Å². The van der Waals surface area contributed by atoms with Crippen molar-refractivity contribution in [1.82, 2.24) is 0 Å². The molecule has 0 bridgehead atoms. The predicted octanol–water partition coefficient (Wildman–Crippen LogP) is 4.49. The SMILES string of the molecule is CC1CCCC(OCc2cccc(NC(=O)c3ccc(CN)cc3)c2)C1. The molecule has 1 amide bonds. The molecule has 26 heavy (non-hydrogen) atoms. The van der Waals surface area contributed by atoms with Crippen LogP contribution in [0, 0.1) is 5.92 Å². The zero-order valence-electron chi connectivity index (χ0n) is 15.4. The molecule has 1 saturated carbocycles. The van der Waals surface area contributed by atoms with Crippen LogP contribution in [-0.2, 0) is 17.9 Å². The summed E-state index contributed by atoms with van der Waals surface area (Å²) in [5.41, 5.74) is 9.10. The number of ether oxygens (including phenoxy) is 1. The molecule has 0 heterocycles. The van der Waals surface area contributed by atoms with Crippen LogP contribution >= 0.6 is 0 Å². The van der Waals surface area contributed by atoms with E-state index in [-0.39, 0.29) is 5.91 Å². The standard InChI is InChI=1S/C22H28N2O2/c1-16-4-2-7-21(12-16)26-15-18-5-3-6-20(13-18)24-22(25)19-10-8-17(14-23)9-11-19/h3,5-6,8-11,13,16,21H,2,4,7,12,14-15,23H2,1H3,(H,24,25). The van der Waals surface area contributed by atoms with Crippen LogP contribution in [0.15, 0.2) is 48.5 Å². The number of nitrogens with two attached hydrogens (primary N) is 1. The number of rotatable bonds is 6. The fourth-order valence-electron chi connectivity index (χ4n) is 3.48. The average molecular weight is 352 g/mol. The molecule has 1 aliphatic rings. The van der Waals surface area contributed by atoms with Gasteiger partial charge in [-0.25, -0.2) is 0 Å². The van der Waals surface area contributed by atoms with Gasteiger partial charge in [-0.15, -0.1) is 0 Å². The molecule has 2 atom stereocenters. The minimum atomic E-state index is -0.118. The van der Waals surface area contributed by atoms with Crippen molar-refractivity contribution in [2.45, 2.75) is 51.9 Å². The number of hydrogen-bond donors (Lipinski definition) is 2. The molecule has 0 radical (unpaired) electrons. The summed E-state index contributed by atoms with van der Waals surface area (Å²) in [7, 11) is 0. The quantitative estimate of drug-likeness (QED) is 0.805. The number of amides is 1. The Hall–Kier alpha value is -2.17. The van der Waals surface area contributed by atoms with Gasteiger partial charge < -0.3 is 15.8 Å². The van der Waals surface area contributed by atoms with Crippen molar-refractivity contribution >= 4 is 11.6 Å². The number of nitrogens with one attached hydrogen (secondary N) is 1. The zero-order chi connectivity index (χ0) is 18.4. The first-order chi connectivity index (χ1) is 12.6. The molecule has 0 aliphatic heterocycles. The number of benzene rings is 2. The predicted molar refractivity (Wildman–Crippen MR) is 105 cm³/mol. The molecular weight excluding hydrogens is 324 g/mol. The lowest BCUT2D eigenvalue weighted by atomic mass is 9.89. The number of hydrogen-bond acceptors (Lipinski definition) is 3. The zero-order valence-corrected chi connectivity index (χ0v) is 15.4. The van der Waals surface area contributed by atoms with Crippen LogP contribution < -0.4 is 11.1 Å². The summed E-state index contributed by atoms with van der Waals surface area (Å²) in [5.74, 6) is 0.637. The van der Waals surface area contributed by atoms with Crippen LogP contribution in [0.5, 0.6) is 0 Å². The van der Waals surface area contributed by atoms with Crippen molar-refractivity contribution in [1.29, 1.82) is 0 Å².